The summed E-state index contributed by atoms with van der Waals surface area (Å²) < 4.78 is 14.3. The number of rotatable bonds is 4. The van der Waals surface area contributed by atoms with Crippen LogP contribution in [0.3, 0.4) is 0 Å². The molecule has 0 aromatic heterocycles. The van der Waals surface area contributed by atoms with Crippen molar-refractivity contribution in [1.82, 2.24) is 10.2 Å². The van der Waals surface area contributed by atoms with Gasteiger partial charge in [-0.1, -0.05) is 19.3 Å². The Labute approximate surface area is 163 Å². The summed E-state index contributed by atoms with van der Waals surface area (Å²) in [5.41, 5.74) is 0.492. The van der Waals surface area contributed by atoms with Crippen molar-refractivity contribution in [2.45, 2.75) is 63.5 Å². The van der Waals surface area contributed by atoms with Crippen molar-refractivity contribution in [2.24, 2.45) is 0 Å². The zero-order valence-corrected chi connectivity index (χ0v) is 15.7. The number of carbonyl (C=O) groups is 3. The molecular weight excluding hydrogens is 363 g/mol. The van der Waals surface area contributed by atoms with Gasteiger partial charge in [0.2, 0.25) is 5.91 Å². The van der Waals surface area contributed by atoms with Gasteiger partial charge in [-0.2, -0.15) is 0 Å². The van der Waals surface area contributed by atoms with E-state index in [1.54, 1.807) is 0 Å². The van der Waals surface area contributed by atoms with Crippen molar-refractivity contribution in [1.29, 1.82) is 0 Å². The van der Waals surface area contributed by atoms with Gasteiger partial charge in [-0.05, 0) is 43.9 Å². The van der Waals surface area contributed by atoms with Crippen LogP contribution in [0.15, 0.2) is 18.2 Å². The number of hydrogen-bond acceptors (Lipinski definition) is 3. The first kappa shape index (κ1) is 18.7. The Morgan fingerprint density at radius 3 is 2.50 bits per heavy atom. The number of urea groups is 2. The molecule has 7 nitrogen and oxygen atoms in total. The average Bonchev–Trinajstić information content (AvgIpc) is 3.50. The molecule has 4 rings (SSSR count). The van der Waals surface area contributed by atoms with E-state index in [0.29, 0.717) is 11.7 Å². The highest BCUT2D eigenvalue weighted by Gasteiger charge is 2.38. The minimum atomic E-state index is -0.652. The Morgan fingerprint density at radius 1 is 1.11 bits per heavy atom. The summed E-state index contributed by atoms with van der Waals surface area (Å²) in [6, 6.07) is 3.92. The van der Waals surface area contributed by atoms with Gasteiger partial charge in [-0.3, -0.25) is 15.0 Å². The molecule has 0 spiro atoms. The molecule has 2 saturated carbocycles. The number of anilines is 2. The molecule has 1 aromatic carbocycles. The monoisotopic (exact) mass is 388 g/mol. The maximum absolute atomic E-state index is 14.3. The average molecular weight is 388 g/mol. The molecule has 5 amide bonds. The number of benzene rings is 1. The molecule has 0 radical (unpaired) electrons. The van der Waals surface area contributed by atoms with Crippen molar-refractivity contribution in [3.63, 3.8) is 0 Å². The van der Waals surface area contributed by atoms with Gasteiger partial charge < -0.3 is 10.2 Å². The van der Waals surface area contributed by atoms with Crippen LogP contribution in [-0.2, 0) is 4.79 Å². The second kappa shape index (κ2) is 7.77. The van der Waals surface area contributed by atoms with Crippen LogP contribution in [0.4, 0.5) is 25.4 Å². The molecule has 1 aromatic rings. The van der Waals surface area contributed by atoms with Crippen molar-refractivity contribution >= 4 is 29.3 Å². The molecule has 1 saturated heterocycles. The van der Waals surface area contributed by atoms with Gasteiger partial charge in [-0.25, -0.2) is 14.0 Å². The van der Waals surface area contributed by atoms with Crippen molar-refractivity contribution < 1.29 is 18.8 Å². The van der Waals surface area contributed by atoms with E-state index < -0.39 is 11.8 Å². The molecule has 0 bridgehead atoms. The number of nitrogens with zero attached hydrogens (tertiary/aromatic N) is 2. The Kier molecular flexibility index (Phi) is 5.19. The minimum absolute atomic E-state index is 0.0541. The third kappa shape index (κ3) is 3.95. The topological polar surface area (TPSA) is 81.8 Å². The number of nitrogens with one attached hydrogen (secondary N) is 2. The number of amides is 5. The fraction of sp³-hybridized carbons (Fsp3) is 0.550. The summed E-state index contributed by atoms with van der Waals surface area (Å²) in [5.74, 6) is -0.951. The van der Waals surface area contributed by atoms with Crippen LogP contribution in [0.1, 0.15) is 51.4 Å². The summed E-state index contributed by atoms with van der Waals surface area (Å²) in [6.07, 6.45) is 7.73. The number of carbonyl (C=O) groups excluding carboxylic acids is 3. The van der Waals surface area contributed by atoms with Crippen molar-refractivity contribution in [3.8, 4) is 0 Å². The molecule has 1 heterocycles. The number of halogens is 1. The predicted molar refractivity (Wildman–Crippen MR) is 103 cm³/mol. The van der Waals surface area contributed by atoms with E-state index in [1.807, 2.05) is 4.90 Å². The second-order valence-electron chi connectivity index (χ2n) is 7.78. The van der Waals surface area contributed by atoms with Crippen LogP contribution in [0, 0.1) is 5.82 Å². The maximum atomic E-state index is 14.3. The third-order valence-electron chi connectivity index (χ3n) is 5.69. The zero-order chi connectivity index (χ0) is 19.7. The minimum Gasteiger partial charge on any atom is -0.319 e. The van der Waals surface area contributed by atoms with E-state index in [1.165, 1.54) is 29.5 Å². The fourth-order valence-electron chi connectivity index (χ4n) is 4.12. The van der Waals surface area contributed by atoms with E-state index >= 15 is 0 Å². The SMILES string of the molecule is O=C1CCN(c2cc(NC(=O)N(C3CCCCC3)C3CC3)ccc2F)C(=O)N1. The van der Waals surface area contributed by atoms with Gasteiger partial charge in [0.25, 0.3) is 0 Å². The first-order valence-corrected chi connectivity index (χ1v) is 10.0. The predicted octanol–water partition coefficient (Wildman–Crippen LogP) is 3.60. The highest BCUT2D eigenvalue weighted by atomic mass is 19.1. The highest BCUT2D eigenvalue weighted by Crippen LogP contribution is 2.34. The number of imide groups is 1. The molecule has 1 aliphatic heterocycles. The van der Waals surface area contributed by atoms with E-state index in [4.69, 9.17) is 0 Å². The molecule has 0 unspecified atom stereocenters. The second-order valence-corrected chi connectivity index (χ2v) is 7.78. The fourth-order valence-corrected chi connectivity index (χ4v) is 4.12. The van der Waals surface area contributed by atoms with Crippen LogP contribution in [-0.4, -0.2) is 41.5 Å². The summed E-state index contributed by atoms with van der Waals surface area (Å²) in [5, 5.41) is 5.07. The Morgan fingerprint density at radius 2 is 1.82 bits per heavy atom. The molecule has 3 fully saturated rings. The molecular formula is C20H25FN4O3. The van der Waals surface area contributed by atoms with Gasteiger partial charge >= 0.3 is 12.1 Å². The molecule has 8 heteroatoms. The lowest BCUT2D eigenvalue weighted by molar-refractivity contribution is -0.120. The molecule has 2 N–H and O–H groups in total. The van der Waals surface area contributed by atoms with Gasteiger partial charge in [0.05, 0.1) is 5.69 Å². The molecule has 0 atom stereocenters. The summed E-state index contributed by atoms with van der Waals surface area (Å²) in [6.45, 7) is 0.106. The van der Waals surface area contributed by atoms with Gasteiger partial charge in [0, 0.05) is 30.7 Å². The van der Waals surface area contributed by atoms with E-state index in [-0.39, 0.29) is 36.6 Å². The lowest BCUT2D eigenvalue weighted by atomic mass is 9.94. The van der Waals surface area contributed by atoms with E-state index in [9.17, 15) is 18.8 Å². The van der Waals surface area contributed by atoms with E-state index in [2.05, 4.69) is 10.6 Å². The van der Waals surface area contributed by atoms with Crippen LogP contribution in [0.2, 0.25) is 0 Å². The Bertz CT molecular complexity index is 790. The smallest absolute Gasteiger partial charge is 0.319 e. The third-order valence-corrected chi connectivity index (χ3v) is 5.69. The lowest BCUT2D eigenvalue weighted by Crippen LogP contribution is -2.50. The van der Waals surface area contributed by atoms with Gasteiger partial charge in [-0.15, -0.1) is 0 Å². The highest BCUT2D eigenvalue weighted by molar-refractivity contribution is 6.06. The molecule has 2 aliphatic carbocycles. The van der Waals surface area contributed by atoms with Crippen LogP contribution in [0.25, 0.3) is 0 Å². The molecule has 3 aliphatic rings. The summed E-state index contributed by atoms with van der Waals surface area (Å²) >= 11 is 0. The quantitative estimate of drug-likeness (QED) is 0.827. The Hall–Kier alpha value is -2.64. The zero-order valence-electron chi connectivity index (χ0n) is 15.7. The largest absolute Gasteiger partial charge is 0.328 e. The van der Waals surface area contributed by atoms with Gasteiger partial charge in [0.15, 0.2) is 0 Å². The van der Waals surface area contributed by atoms with Gasteiger partial charge in [0.1, 0.15) is 5.82 Å². The number of hydrogen-bond donors (Lipinski definition) is 2. The van der Waals surface area contributed by atoms with Crippen LogP contribution in [0.5, 0.6) is 0 Å². The van der Waals surface area contributed by atoms with Crippen LogP contribution < -0.4 is 15.5 Å². The molecule has 28 heavy (non-hydrogen) atoms. The Balaban J connectivity index is 1.50. The first-order valence-electron chi connectivity index (χ1n) is 10.0. The van der Waals surface area contributed by atoms with E-state index in [0.717, 1.165) is 38.5 Å². The standard InChI is InChI=1S/C20H25FN4O3/c21-16-9-6-13(12-17(16)24-11-10-18(26)23-19(24)27)22-20(28)25(15-7-8-15)14-4-2-1-3-5-14/h6,9,12,14-15H,1-5,7-8,10-11H2,(H,22,28)(H,23,26,27). The lowest BCUT2D eigenvalue weighted by Gasteiger charge is -2.34. The normalized spacial score (nSPS) is 20.7. The van der Waals surface area contributed by atoms with Crippen molar-refractivity contribution in [2.75, 3.05) is 16.8 Å². The first-order chi connectivity index (χ1) is 13.5. The maximum Gasteiger partial charge on any atom is 0.328 e. The molecule has 150 valence electrons. The summed E-state index contributed by atoms with van der Waals surface area (Å²) in [4.78, 5) is 39.5. The summed E-state index contributed by atoms with van der Waals surface area (Å²) in [7, 11) is 0. The van der Waals surface area contributed by atoms with Crippen LogP contribution >= 0.6 is 0 Å². The van der Waals surface area contributed by atoms with Crippen molar-refractivity contribution in [3.05, 3.63) is 24.0 Å².